The number of rotatable bonds is 4. The third-order valence-corrected chi connectivity index (χ3v) is 8.06. The number of hydrogen-bond acceptors (Lipinski definition) is 4. The van der Waals surface area contributed by atoms with E-state index < -0.39 is 18.6 Å². The monoisotopic (exact) mass is 828 g/mol. The second-order valence-electron chi connectivity index (χ2n) is 14.6. The van der Waals surface area contributed by atoms with E-state index in [0.29, 0.717) is 27.8 Å². The summed E-state index contributed by atoms with van der Waals surface area (Å²) in [7, 11) is 0. The molecule has 0 saturated heterocycles. The average molecular weight is 828 g/mol. The van der Waals surface area contributed by atoms with Crippen LogP contribution in [0.3, 0.4) is 0 Å². The fraction of sp³-hybridized carbons (Fsp3) is 0.279. The molecule has 1 aliphatic heterocycles. The summed E-state index contributed by atoms with van der Waals surface area (Å²) in [6.45, 7) is 11.0. The minimum atomic E-state index is -2.32. The molecule has 5 heterocycles. The van der Waals surface area contributed by atoms with E-state index in [1.807, 2.05) is 45.0 Å². The van der Waals surface area contributed by atoms with E-state index in [1.54, 1.807) is 30.5 Å². The average Bonchev–Trinajstić information content (AvgIpc) is 3.66. The zero-order valence-corrected chi connectivity index (χ0v) is 31.0. The Labute approximate surface area is 309 Å². The molecule has 0 spiro atoms. The third-order valence-electron chi connectivity index (χ3n) is 8.06. The summed E-state index contributed by atoms with van der Waals surface area (Å²) in [5, 5.41) is 1.48. The van der Waals surface area contributed by atoms with Crippen molar-refractivity contribution < 1.29 is 31.4 Å². The predicted octanol–water partition coefficient (Wildman–Crippen LogP) is 11.1. The molecular weight excluding hydrogens is 781 g/mol. The Morgan fingerprint density at radius 3 is 2.51 bits per heavy atom. The molecule has 1 aliphatic rings. The van der Waals surface area contributed by atoms with Gasteiger partial charge < -0.3 is 14.0 Å². The first-order valence-corrected chi connectivity index (χ1v) is 16.3. The molecule has 0 fully saturated rings. The van der Waals surface area contributed by atoms with Gasteiger partial charge in [0.05, 0.1) is 22.4 Å². The number of para-hydroxylation sites is 1. The number of aromatic nitrogens is 4. The maximum atomic E-state index is 8.55. The van der Waals surface area contributed by atoms with E-state index in [2.05, 4.69) is 77.8 Å². The van der Waals surface area contributed by atoms with Crippen LogP contribution < -0.4 is 0 Å². The fourth-order valence-electron chi connectivity index (χ4n) is 6.37. The van der Waals surface area contributed by atoms with Crippen LogP contribution >= 0.6 is 0 Å². The standard InChI is InChI=1S/C22H21N2O.C21H21N2.Ir/c1-14-8-9-17-16-6-5-7-18(20(16)25-21(17)24-14)19-12-15(10-11-23-19)13-22(2,3)4;1-21(2,3)13-15-12-17-10-7-11-18-19(17)23(14-15)20(22-18)16-8-5-4-6-9-16;/h5-6,8-12H,13H2,1-4H3;4-8,10-12H,13-14H2,1-3H3;/q2*-1;/i1D3,13D2;;. The van der Waals surface area contributed by atoms with Gasteiger partial charge in [-0.05, 0) is 66.0 Å². The number of allylic oxidation sites excluding steroid dienone is 1. The normalized spacial score (nSPS) is 14.9. The number of furan rings is 1. The molecule has 0 aliphatic carbocycles. The predicted molar refractivity (Wildman–Crippen MR) is 198 cm³/mol. The van der Waals surface area contributed by atoms with Crippen LogP contribution in [0.1, 0.15) is 71.6 Å². The number of benzene rings is 3. The molecule has 0 N–H and O–H groups in total. The van der Waals surface area contributed by atoms with Crippen LogP contribution in [0.15, 0.2) is 95.0 Å². The largest absolute Gasteiger partial charge is 0.486 e. The molecule has 0 saturated carbocycles. The SMILES string of the molecule is CC(C)(C)CC1=Cc2cccc3nc(-c4[c-]cccc4)n(c23)C1.[2H]C([2H])([2H])c1ccc2c(n1)oc1c(-c3cc(C([2H])([2H])C(C)(C)C)ccn3)[c-]ccc12.[Ir]. The Morgan fingerprint density at radius 2 is 1.76 bits per heavy atom. The maximum Gasteiger partial charge on any atom is 0.216 e. The van der Waals surface area contributed by atoms with Crippen molar-refractivity contribution in [3.8, 4) is 22.6 Å². The van der Waals surface area contributed by atoms with Crippen LogP contribution in [-0.4, -0.2) is 19.5 Å². The van der Waals surface area contributed by atoms with Gasteiger partial charge in [-0.1, -0.05) is 87.9 Å². The van der Waals surface area contributed by atoms with Crippen LogP contribution in [0.4, 0.5) is 0 Å². The van der Waals surface area contributed by atoms with Crippen molar-refractivity contribution in [1.29, 1.82) is 0 Å². The molecule has 0 bridgehead atoms. The molecular formula is C43H42IrN4O-2. The first-order valence-electron chi connectivity index (χ1n) is 18.8. The minimum Gasteiger partial charge on any atom is -0.486 e. The third kappa shape index (κ3) is 7.46. The molecule has 49 heavy (non-hydrogen) atoms. The number of hydrogen-bond donors (Lipinski definition) is 0. The van der Waals surface area contributed by atoms with Crippen LogP contribution in [0, 0.1) is 29.8 Å². The Kier molecular flexibility index (Phi) is 7.84. The molecule has 0 atom stereocenters. The van der Waals surface area contributed by atoms with Crippen LogP contribution in [0.25, 0.3) is 61.8 Å². The molecule has 5 nitrogen and oxygen atoms in total. The van der Waals surface area contributed by atoms with Gasteiger partial charge in [0.25, 0.3) is 0 Å². The van der Waals surface area contributed by atoms with Gasteiger partial charge >= 0.3 is 0 Å². The number of nitrogens with zero attached hydrogens (tertiary/aromatic N) is 4. The van der Waals surface area contributed by atoms with Crippen molar-refractivity contribution >= 4 is 39.2 Å². The number of pyridine rings is 2. The summed E-state index contributed by atoms with van der Waals surface area (Å²) in [6.07, 6.45) is 3.46. The van der Waals surface area contributed by atoms with Gasteiger partial charge in [-0.25, -0.2) is 4.98 Å². The van der Waals surface area contributed by atoms with E-state index >= 15 is 0 Å². The van der Waals surface area contributed by atoms with E-state index in [1.165, 1.54) is 22.7 Å². The van der Waals surface area contributed by atoms with E-state index in [0.717, 1.165) is 35.3 Å². The summed E-state index contributed by atoms with van der Waals surface area (Å²) >= 11 is 0. The van der Waals surface area contributed by atoms with E-state index in [-0.39, 0.29) is 36.9 Å². The van der Waals surface area contributed by atoms with Gasteiger partial charge in [-0.15, -0.1) is 54.1 Å². The van der Waals surface area contributed by atoms with Gasteiger partial charge in [0.2, 0.25) is 5.71 Å². The summed E-state index contributed by atoms with van der Waals surface area (Å²) < 4.78 is 48.1. The Morgan fingerprint density at radius 1 is 0.898 bits per heavy atom. The van der Waals surface area contributed by atoms with E-state index in [9.17, 15) is 0 Å². The zero-order chi connectivity index (χ0) is 37.9. The molecule has 4 aromatic heterocycles. The minimum absolute atomic E-state index is 0. The van der Waals surface area contributed by atoms with Gasteiger partial charge in [0, 0.05) is 50.8 Å². The molecule has 0 amide bonds. The number of aryl methyl sites for hydroxylation is 1. The zero-order valence-electron chi connectivity index (χ0n) is 33.6. The Hall–Kier alpha value is -4.38. The summed E-state index contributed by atoms with van der Waals surface area (Å²) in [4.78, 5) is 13.5. The van der Waals surface area contributed by atoms with Crippen LogP contribution in [-0.2, 0) is 33.0 Å². The van der Waals surface area contributed by atoms with Gasteiger partial charge in [0.15, 0.2) is 0 Å². The summed E-state index contributed by atoms with van der Waals surface area (Å²) in [6, 6.07) is 31.1. The quantitative estimate of drug-likeness (QED) is 0.166. The fourth-order valence-corrected chi connectivity index (χ4v) is 6.37. The van der Waals surface area contributed by atoms with Crippen LogP contribution in [0.5, 0.6) is 0 Å². The smallest absolute Gasteiger partial charge is 0.216 e. The number of imidazole rings is 1. The van der Waals surface area contributed by atoms with Crippen molar-refractivity contribution in [2.24, 2.45) is 10.8 Å². The van der Waals surface area contributed by atoms with Crippen molar-refractivity contribution in [2.75, 3.05) is 0 Å². The van der Waals surface area contributed by atoms with Gasteiger partial charge in [0.1, 0.15) is 0 Å². The Balaban J connectivity index is 0.000000187. The molecule has 3 aromatic carbocycles. The molecule has 0 unspecified atom stereocenters. The second kappa shape index (κ2) is 13.5. The first kappa shape index (κ1) is 28.5. The van der Waals surface area contributed by atoms with Crippen molar-refractivity contribution in [1.82, 2.24) is 19.5 Å². The van der Waals surface area contributed by atoms with Gasteiger partial charge in [-0.3, -0.25) is 4.98 Å². The molecule has 251 valence electrons. The van der Waals surface area contributed by atoms with E-state index in [4.69, 9.17) is 16.3 Å². The molecule has 1 radical (unpaired) electrons. The molecule has 8 rings (SSSR count). The van der Waals surface area contributed by atoms with Crippen molar-refractivity contribution in [3.63, 3.8) is 0 Å². The van der Waals surface area contributed by atoms with Crippen molar-refractivity contribution in [3.05, 3.63) is 120 Å². The maximum absolute atomic E-state index is 8.55. The second-order valence-corrected chi connectivity index (χ2v) is 14.6. The topological polar surface area (TPSA) is 56.7 Å². The van der Waals surface area contributed by atoms with Crippen LogP contribution in [0.2, 0.25) is 0 Å². The number of fused-ring (bicyclic) bond motifs is 3. The summed E-state index contributed by atoms with van der Waals surface area (Å²) in [5.41, 5.74) is 8.13. The van der Waals surface area contributed by atoms with Gasteiger partial charge in [-0.2, -0.15) is 0 Å². The molecule has 6 heteroatoms. The molecule has 7 aromatic rings. The summed E-state index contributed by atoms with van der Waals surface area (Å²) in [5.74, 6) is 1.02. The van der Waals surface area contributed by atoms with Crippen molar-refractivity contribution in [2.45, 2.75) is 67.7 Å². The first-order chi connectivity index (χ1) is 24.9. The Bertz CT molecular complexity index is 2500.